The number of guanidine groups is 1. The van der Waals surface area contributed by atoms with Gasteiger partial charge in [0, 0.05) is 51.5 Å². The molecule has 0 spiro atoms. The molecule has 1 atom stereocenters. The van der Waals surface area contributed by atoms with Gasteiger partial charge in [0.1, 0.15) is 17.3 Å². The van der Waals surface area contributed by atoms with Crippen LogP contribution in [0.1, 0.15) is 19.3 Å². The highest BCUT2D eigenvalue weighted by atomic mass is 127. The monoisotopic (exact) mass is 523 g/mol. The second-order valence-corrected chi connectivity index (χ2v) is 7.80. The minimum Gasteiger partial charge on any atom is -0.381 e. The van der Waals surface area contributed by atoms with Crippen LogP contribution >= 0.6 is 24.0 Å². The molecule has 164 valence electrons. The van der Waals surface area contributed by atoms with Crippen molar-refractivity contribution in [3.8, 4) is 0 Å². The van der Waals surface area contributed by atoms with E-state index in [4.69, 9.17) is 4.74 Å². The molecule has 2 aliphatic heterocycles. The van der Waals surface area contributed by atoms with E-state index in [1.54, 1.807) is 11.9 Å². The van der Waals surface area contributed by atoms with Crippen molar-refractivity contribution in [3.63, 3.8) is 0 Å². The number of benzene rings is 1. The summed E-state index contributed by atoms with van der Waals surface area (Å²) in [7, 11) is 5.94. The lowest BCUT2D eigenvalue weighted by Crippen LogP contribution is -2.57. The van der Waals surface area contributed by atoms with Crippen molar-refractivity contribution in [3.05, 3.63) is 29.8 Å². The zero-order valence-electron chi connectivity index (χ0n) is 17.4. The van der Waals surface area contributed by atoms with Gasteiger partial charge in [0.2, 0.25) is 0 Å². The number of aliphatic imine (C=N–C) groups is 1. The van der Waals surface area contributed by atoms with Crippen LogP contribution in [-0.2, 0) is 4.74 Å². The van der Waals surface area contributed by atoms with Gasteiger partial charge in [-0.2, -0.15) is 0 Å². The van der Waals surface area contributed by atoms with Crippen LogP contribution < -0.4 is 15.5 Å². The van der Waals surface area contributed by atoms with Crippen LogP contribution in [0.25, 0.3) is 0 Å². The number of likely N-dealkylation sites (N-methyl/N-ethyl adjacent to an activating group) is 1. The summed E-state index contributed by atoms with van der Waals surface area (Å²) < 4.78 is 33.6. The second kappa shape index (κ2) is 10.7. The molecule has 2 saturated heterocycles. The number of anilines is 1. The third kappa shape index (κ3) is 5.69. The summed E-state index contributed by atoms with van der Waals surface area (Å²) in [6.07, 6.45) is 2.72. The summed E-state index contributed by atoms with van der Waals surface area (Å²) in [6.45, 7) is 3.42. The number of hydrogen-bond donors (Lipinski definition) is 2. The normalized spacial score (nSPS) is 21.8. The molecule has 0 radical (unpaired) electrons. The Labute approximate surface area is 189 Å². The Morgan fingerprint density at radius 3 is 2.52 bits per heavy atom. The fourth-order valence-electron chi connectivity index (χ4n) is 4.04. The third-order valence-corrected chi connectivity index (χ3v) is 5.96. The predicted octanol–water partition coefficient (Wildman–Crippen LogP) is 2.44. The summed E-state index contributed by atoms with van der Waals surface area (Å²) in [4.78, 5) is 8.35. The van der Waals surface area contributed by atoms with Gasteiger partial charge < -0.3 is 25.2 Å². The maximum Gasteiger partial charge on any atom is 0.191 e. The SMILES string of the molecule is CN=C(NCC1(N(C)C)CCOCC1)NC1CCN(c2c(F)cccc2F)C1.I. The van der Waals surface area contributed by atoms with E-state index < -0.39 is 11.6 Å². The minimum absolute atomic E-state index is 0. The highest BCUT2D eigenvalue weighted by Gasteiger charge is 2.35. The first kappa shape index (κ1) is 24.1. The molecule has 0 aliphatic carbocycles. The lowest BCUT2D eigenvalue weighted by Gasteiger charge is -2.43. The highest BCUT2D eigenvalue weighted by molar-refractivity contribution is 14.0. The lowest BCUT2D eigenvalue weighted by molar-refractivity contribution is -0.00502. The van der Waals surface area contributed by atoms with Gasteiger partial charge in [0.25, 0.3) is 0 Å². The Balaban J connectivity index is 0.00000300. The fourth-order valence-corrected chi connectivity index (χ4v) is 4.04. The van der Waals surface area contributed by atoms with Crippen LogP contribution in [0, 0.1) is 11.6 Å². The van der Waals surface area contributed by atoms with Crippen LogP contribution in [0.5, 0.6) is 0 Å². The van der Waals surface area contributed by atoms with Gasteiger partial charge in [0.15, 0.2) is 5.96 Å². The smallest absolute Gasteiger partial charge is 0.191 e. The zero-order valence-corrected chi connectivity index (χ0v) is 19.7. The maximum atomic E-state index is 14.0. The largest absolute Gasteiger partial charge is 0.381 e. The number of halogens is 3. The summed E-state index contributed by atoms with van der Waals surface area (Å²) in [5.41, 5.74) is 0.0944. The number of nitrogens with one attached hydrogen (secondary N) is 2. The van der Waals surface area contributed by atoms with Crippen molar-refractivity contribution in [2.24, 2.45) is 4.99 Å². The van der Waals surface area contributed by atoms with Gasteiger partial charge in [-0.05, 0) is 45.5 Å². The molecule has 0 bridgehead atoms. The quantitative estimate of drug-likeness (QED) is 0.353. The van der Waals surface area contributed by atoms with E-state index in [2.05, 4.69) is 34.6 Å². The van der Waals surface area contributed by atoms with Gasteiger partial charge in [-0.1, -0.05) is 6.07 Å². The number of rotatable bonds is 5. The molecule has 0 amide bonds. The zero-order chi connectivity index (χ0) is 20.1. The molecule has 6 nitrogen and oxygen atoms in total. The van der Waals surface area contributed by atoms with Crippen molar-refractivity contribution >= 4 is 35.6 Å². The van der Waals surface area contributed by atoms with Gasteiger partial charge in [-0.15, -0.1) is 24.0 Å². The van der Waals surface area contributed by atoms with E-state index in [1.807, 2.05) is 0 Å². The molecule has 29 heavy (non-hydrogen) atoms. The first-order valence-electron chi connectivity index (χ1n) is 9.86. The summed E-state index contributed by atoms with van der Waals surface area (Å²) in [5.74, 6) is -0.320. The van der Waals surface area contributed by atoms with Crippen LogP contribution in [-0.4, -0.2) is 76.4 Å². The topological polar surface area (TPSA) is 52.1 Å². The Hall–Kier alpha value is -1.20. The number of para-hydroxylation sites is 1. The molecule has 3 rings (SSSR count). The molecule has 2 heterocycles. The van der Waals surface area contributed by atoms with Gasteiger partial charge >= 0.3 is 0 Å². The minimum atomic E-state index is -0.518. The third-order valence-electron chi connectivity index (χ3n) is 5.96. The van der Waals surface area contributed by atoms with Crippen LogP contribution in [0.4, 0.5) is 14.5 Å². The van der Waals surface area contributed by atoms with Crippen molar-refractivity contribution in [1.29, 1.82) is 0 Å². The first-order chi connectivity index (χ1) is 13.4. The number of nitrogens with zero attached hydrogens (tertiary/aromatic N) is 3. The average Bonchev–Trinajstić information content (AvgIpc) is 3.13. The maximum absolute atomic E-state index is 14.0. The molecule has 1 aromatic rings. The first-order valence-corrected chi connectivity index (χ1v) is 9.86. The van der Waals surface area contributed by atoms with Gasteiger partial charge in [0.05, 0.1) is 0 Å². The predicted molar refractivity (Wildman–Crippen MR) is 123 cm³/mol. The van der Waals surface area contributed by atoms with Gasteiger partial charge in [-0.25, -0.2) is 8.78 Å². The Morgan fingerprint density at radius 2 is 1.93 bits per heavy atom. The summed E-state index contributed by atoms with van der Waals surface area (Å²) in [5, 5.41) is 6.84. The molecule has 1 aromatic carbocycles. The molecule has 1 unspecified atom stereocenters. The van der Waals surface area contributed by atoms with E-state index in [1.165, 1.54) is 18.2 Å². The lowest BCUT2D eigenvalue weighted by atomic mass is 9.88. The summed E-state index contributed by atoms with van der Waals surface area (Å²) >= 11 is 0. The van der Waals surface area contributed by atoms with Crippen LogP contribution in [0.15, 0.2) is 23.2 Å². The molecular formula is C20H32F2IN5O. The fraction of sp³-hybridized carbons (Fsp3) is 0.650. The number of ether oxygens (including phenoxy) is 1. The van der Waals surface area contributed by atoms with E-state index in [-0.39, 0.29) is 41.2 Å². The molecule has 0 saturated carbocycles. The highest BCUT2D eigenvalue weighted by Crippen LogP contribution is 2.27. The van der Waals surface area contributed by atoms with Crippen molar-refractivity contribution in [1.82, 2.24) is 15.5 Å². The second-order valence-electron chi connectivity index (χ2n) is 7.80. The van der Waals surface area contributed by atoms with Crippen molar-refractivity contribution < 1.29 is 13.5 Å². The van der Waals surface area contributed by atoms with E-state index in [0.29, 0.717) is 19.0 Å². The molecular weight excluding hydrogens is 491 g/mol. The Morgan fingerprint density at radius 1 is 1.28 bits per heavy atom. The molecule has 2 fully saturated rings. The van der Waals surface area contributed by atoms with E-state index >= 15 is 0 Å². The van der Waals surface area contributed by atoms with Gasteiger partial charge in [-0.3, -0.25) is 4.99 Å². The standard InChI is InChI=1S/C20H31F2N5O.HI/c1-23-19(24-14-20(26(2)3)8-11-28-12-9-20)25-15-7-10-27(13-15)18-16(21)5-4-6-17(18)22;/h4-6,15H,7-14H2,1-3H3,(H2,23,24,25);1H. The Bertz CT molecular complexity index is 677. The van der Waals surface area contributed by atoms with Crippen LogP contribution in [0.2, 0.25) is 0 Å². The Kier molecular flexibility index (Phi) is 8.90. The van der Waals surface area contributed by atoms with E-state index in [9.17, 15) is 8.78 Å². The molecule has 2 N–H and O–H groups in total. The van der Waals surface area contributed by atoms with Crippen molar-refractivity contribution in [2.45, 2.75) is 30.8 Å². The van der Waals surface area contributed by atoms with Crippen molar-refractivity contribution in [2.75, 3.05) is 58.9 Å². The molecule has 2 aliphatic rings. The summed E-state index contributed by atoms with van der Waals surface area (Å²) in [6, 6.07) is 4.07. The number of hydrogen-bond acceptors (Lipinski definition) is 4. The van der Waals surface area contributed by atoms with E-state index in [0.717, 1.165) is 39.0 Å². The molecule has 0 aromatic heterocycles. The molecule has 9 heteroatoms. The average molecular weight is 523 g/mol. The van der Waals surface area contributed by atoms with Crippen LogP contribution in [0.3, 0.4) is 0 Å².